The molecule has 0 atom stereocenters. The number of fused-ring (bicyclic) bond motifs is 7. The van der Waals surface area contributed by atoms with Crippen molar-refractivity contribution >= 4 is 54.1 Å². The van der Waals surface area contributed by atoms with Gasteiger partial charge in [0.1, 0.15) is 0 Å². The van der Waals surface area contributed by atoms with Crippen molar-refractivity contribution in [1.82, 2.24) is 14.5 Å². The van der Waals surface area contributed by atoms with Gasteiger partial charge in [-0.2, -0.15) is 0 Å². The number of benzene rings is 8. The Morgan fingerprint density at radius 2 is 0.772 bits per heavy atom. The molecule has 3 aromatic heterocycles. The van der Waals surface area contributed by atoms with E-state index < -0.39 is 0 Å². The van der Waals surface area contributed by atoms with Crippen LogP contribution in [0.5, 0.6) is 0 Å². The third kappa shape index (κ3) is 5.75. The molecule has 11 rings (SSSR count). The monoisotopic (exact) mass is 727 g/mol. The normalized spacial score (nSPS) is 11.7. The average molecular weight is 728 g/mol. The SMILES string of the molecule is Cc1cncc(-c2ccc3ccc(-c4ccc5c(ccc6c7ccc(-c8ccc9ccc(-c%10cncc(C)c%10)cc9c8)cc7n(-c7ccccc7)c56)c4)cc3c2)c1. The highest BCUT2D eigenvalue weighted by Gasteiger charge is 2.17. The Balaban J connectivity index is 1.04. The first kappa shape index (κ1) is 33.0. The molecule has 0 aliphatic heterocycles. The zero-order chi connectivity index (χ0) is 38.0. The summed E-state index contributed by atoms with van der Waals surface area (Å²) < 4.78 is 2.46. The maximum atomic E-state index is 4.44. The Labute approximate surface area is 331 Å². The summed E-state index contributed by atoms with van der Waals surface area (Å²) in [6, 6.07) is 60.6. The van der Waals surface area contributed by atoms with Crippen LogP contribution in [0.15, 0.2) is 189 Å². The molecule has 0 radical (unpaired) electrons. The number of para-hydroxylation sites is 1. The molecule has 3 heteroatoms. The van der Waals surface area contributed by atoms with Crippen molar-refractivity contribution in [3.63, 3.8) is 0 Å². The lowest BCUT2D eigenvalue weighted by atomic mass is 9.96. The third-order valence-electron chi connectivity index (χ3n) is 11.5. The van der Waals surface area contributed by atoms with Crippen molar-refractivity contribution in [1.29, 1.82) is 0 Å². The first-order valence-electron chi connectivity index (χ1n) is 19.5. The van der Waals surface area contributed by atoms with Gasteiger partial charge in [0, 0.05) is 57.8 Å². The van der Waals surface area contributed by atoms with E-state index in [0.717, 1.165) is 27.9 Å². The van der Waals surface area contributed by atoms with Crippen LogP contribution in [0.3, 0.4) is 0 Å². The summed E-state index contributed by atoms with van der Waals surface area (Å²) in [4.78, 5) is 8.88. The van der Waals surface area contributed by atoms with E-state index in [1.807, 2.05) is 24.8 Å². The van der Waals surface area contributed by atoms with Gasteiger partial charge in [0.2, 0.25) is 0 Å². The fourth-order valence-corrected chi connectivity index (χ4v) is 8.68. The number of aromatic nitrogens is 3. The molecule has 0 unspecified atom stereocenters. The summed E-state index contributed by atoms with van der Waals surface area (Å²) in [5, 5.41) is 9.83. The van der Waals surface area contributed by atoms with Crippen molar-refractivity contribution in [2.75, 3.05) is 0 Å². The van der Waals surface area contributed by atoms with Gasteiger partial charge in [0.05, 0.1) is 11.0 Å². The molecule has 11 aromatic rings. The summed E-state index contributed by atoms with van der Waals surface area (Å²) in [5.41, 5.74) is 15.3. The summed E-state index contributed by atoms with van der Waals surface area (Å²) >= 11 is 0. The van der Waals surface area contributed by atoms with Gasteiger partial charge in [-0.25, -0.2) is 0 Å². The second-order valence-corrected chi connectivity index (χ2v) is 15.4. The maximum Gasteiger partial charge on any atom is 0.0619 e. The molecular weight excluding hydrogens is 691 g/mol. The lowest BCUT2D eigenvalue weighted by Gasteiger charge is -2.12. The largest absolute Gasteiger partial charge is 0.309 e. The van der Waals surface area contributed by atoms with E-state index in [1.165, 1.54) is 87.5 Å². The molecule has 0 aliphatic carbocycles. The Kier molecular flexibility index (Phi) is 7.61. The van der Waals surface area contributed by atoms with E-state index in [-0.39, 0.29) is 0 Å². The van der Waals surface area contributed by atoms with E-state index in [9.17, 15) is 0 Å². The summed E-state index contributed by atoms with van der Waals surface area (Å²) in [6.45, 7) is 4.18. The Morgan fingerprint density at radius 1 is 0.333 bits per heavy atom. The first-order valence-corrected chi connectivity index (χ1v) is 19.5. The topological polar surface area (TPSA) is 30.7 Å². The quantitative estimate of drug-likeness (QED) is 0.177. The zero-order valence-electron chi connectivity index (χ0n) is 31.7. The molecule has 0 saturated carbocycles. The number of nitrogens with zero attached hydrogens (tertiary/aromatic N) is 3. The minimum absolute atomic E-state index is 1.14. The van der Waals surface area contributed by atoms with Gasteiger partial charge < -0.3 is 4.57 Å². The Hall–Kier alpha value is -7.36. The molecule has 0 amide bonds. The highest BCUT2D eigenvalue weighted by molar-refractivity contribution is 6.19. The van der Waals surface area contributed by atoms with Crippen LogP contribution < -0.4 is 0 Å². The lowest BCUT2D eigenvalue weighted by Crippen LogP contribution is -1.94. The van der Waals surface area contributed by atoms with Gasteiger partial charge in [0.15, 0.2) is 0 Å². The highest BCUT2D eigenvalue weighted by Crippen LogP contribution is 2.40. The molecule has 3 nitrogen and oxygen atoms in total. The number of rotatable bonds is 5. The molecule has 0 saturated heterocycles. The van der Waals surface area contributed by atoms with E-state index in [0.29, 0.717) is 0 Å². The molecular formula is C54H37N3. The fraction of sp³-hybridized carbons (Fsp3) is 0.0370. The van der Waals surface area contributed by atoms with E-state index in [4.69, 9.17) is 0 Å². The van der Waals surface area contributed by atoms with Crippen molar-refractivity contribution in [3.8, 4) is 50.2 Å². The Morgan fingerprint density at radius 3 is 1.32 bits per heavy atom. The number of aryl methyl sites for hydroxylation is 2. The third-order valence-corrected chi connectivity index (χ3v) is 11.5. The van der Waals surface area contributed by atoms with Gasteiger partial charge in [-0.1, -0.05) is 103 Å². The molecule has 57 heavy (non-hydrogen) atoms. The smallest absolute Gasteiger partial charge is 0.0619 e. The van der Waals surface area contributed by atoms with Crippen LogP contribution in [0.1, 0.15) is 11.1 Å². The van der Waals surface area contributed by atoms with Crippen molar-refractivity contribution in [2.45, 2.75) is 13.8 Å². The standard InChI is InChI=1S/C54H37N3/c1-34-22-47(32-55-30-34)41-14-10-36-8-12-38(25-45(36)27-41)40-16-19-50-44(24-40)18-21-52-51-20-17-43(29-53(51)57(54(50)52)49-6-4-3-5-7-49)39-13-9-37-11-15-42(28-46(37)26-39)48-23-35(2)31-56-33-48/h3-33H,1-2H3. The van der Waals surface area contributed by atoms with Crippen molar-refractivity contribution in [2.24, 2.45) is 0 Å². The van der Waals surface area contributed by atoms with Crippen LogP contribution in [0.2, 0.25) is 0 Å². The van der Waals surface area contributed by atoms with Crippen LogP contribution in [0.25, 0.3) is 104 Å². The van der Waals surface area contributed by atoms with Gasteiger partial charge >= 0.3 is 0 Å². The predicted molar refractivity (Wildman–Crippen MR) is 240 cm³/mol. The van der Waals surface area contributed by atoms with Crippen LogP contribution >= 0.6 is 0 Å². The molecule has 268 valence electrons. The van der Waals surface area contributed by atoms with Crippen molar-refractivity contribution < 1.29 is 0 Å². The summed E-state index contributed by atoms with van der Waals surface area (Å²) in [6.07, 6.45) is 7.70. The molecule has 0 spiro atoms. The molecule has 8 aromatic carbocycles. The van der Waals surface area contributed by atoms with Gasteiger partial charge in [-0.3, -0.25) is 9.97 Å². The second kappa shape index (κ2) is 13.1. The summed E-state index contributed by atoms with van der Waals surface area (Å²) in [5.74, 6) is 0. The van der Waals surface area contributed by atoms with Gasteiger partial charge in [0.25, 0.3) is 0 Å². The van der Waals surface area contributed by atoms with Gasteiger partial charge in [-0.05, 0) is 146 Å². The molecule has 0 aliphatic rings. The molecule has 0 N–H and O–H groups in total. The number of pyridine rings is 2. The van der Waals surface area contributed by atoms with E-state index >= 15 is 0 Å². The van der Waals surface area contributed by atoms with Crippen LogP contribution in [0, 0.1) is 13.8 Å². The van der Waals surface area contributed by atoms with Gasteiger partial charge in [-0.15, -0.1) is 0 Å². The predicted octanol–water partition coefficient (Wildman–Crippen LogP) is 14.3. The summed E-state index contributed by atoms with van der Waals surface area (Å²) in [7, 11) is 0. The first-order chi connectivity index (χ1) is 28.0. The lowest BCUT2D eigenvalue weighted by molar-refractivity contribution is 1.19. The minimum atomic E-state index is 1.14. The highest BCUT2D eigenvalue weighted by atomic mass is 15.0. The number of hydrogen-bond donors (Lipinski definition) is 0. The second-order valence-electron chi connectivity index (χ2n) is 15.4. The maximum absolute atomic E-state index is 4.44. The van der Waals surface area contributed by atoms with E-state index in [2.05, 4.69) is 192 Å². The zero-order valence-corrected chi connectivity index (χ0v) is 31.7. The molecule has 3 heterocycles. The van der Waals surface area contributed by atoms with E-state index in [1.54, 1.807) is 0 Å². The molecule has 0 bridgehead atoms. The van der Waals surface area contributed by atoms with Crippen LogP contribution in [-0.4, -0.2) is 14.5 Å². The van der Waals surface area contributed by atoms with Crippen LogP contribution in [-0.2, 0) is 0 Å². The molecule has 0 fully saturated rings. The Bertz CT molecular complexity index is 3370. The minimum Gasteiger partial charge on any atom is -0.309 e. The average Bonchev–Trinajstić information content (AvgIpc) is 3.60. The van der Waals surface area contributed by atoms with Crippen LogP contribution in [0.4, 0.5) is 0 Å². The fourth-order valence-electron chi connectivity index (χ4n) is 8.68. The number of hydrogen-bond acceptors (Lipinski definition) is 2. The van der Waals surface area contributed by atoms with Crippen molar-refractivity contribution in [3.05, 3.63) is 200 Å².